The van der Waals surface area contributed by atoms with Crippen molar-refractivity contribution in [2.45, 2.75) is 38.2 Å². The highest BCUT2D eigenvalue weighted by atomic mass is 35.5. The highest BCUT2D eigenvalue weighted by molar-refractivity contribution is 5.85. The van der Waals surface area contributed by atoms with Crippen molar-refractivity contribution in [3.05, 3.63) is 35.9 Å². The van der Waals surface area contributed by atoms with Crippen LogP contribution in [0, 0.1) is 5.92 Å². The Morgan fingerprint density at radius 3 is 2.59 bits per heavy atom. The van der Waals surface area contributed by atoms with Gasteiger partial charge in [-0.15, -0.1) is 12.4 Å². The van der Waals surface area contributed by atoms with E-state index in [0.717, 1.165) is 18.0 Å². The van der Waals surface area contributed by atoms with Crippen LogP contribution in [0.3, 0.4) is 0 Å². The summed E-state index contributed by atoms with van der Waals surface area (Å²) in [6, 6.07) is 10.0. The normalized spacial score (nSPS) is 16.5. The van der Waals surface area contributed by atoms with Crippen molar-refractivity contribution < 1.29 is 9.90 Å². The average molecular weight is 327 g/mol. The summed E-state index contributed by atoms with van der Waals surface area (Å²) in [6.07, 6.45) is 2.86. The van der Waals surface area contributed by atoms with Crippen molar-refractivity contribution in [3.8, 4) is 0 Å². The molecule has 5 heteroatoms. The first-order valence-electron chi connectivity index (χ1n) is 7.85. The molecule has 1 amide bonds. The number of carbonyl (C=O) groups excluding carboxylic acids is 1. The molecule has 0 aliphatic heterocycles. The Hall–Kier alpha value is -1.10. The van der Waals surface area contributed by atoms with Crippen molar-refractivity contribution in [1.29, 1.82) is 0 Å². The predicted octanol–water partition coefficient (Wildman–Crippen LogP) is 2.08. The summed E-state index contributed by atoms with van der Waals surface area (Å²) in [4.78, 5) is 11.8. The van der Waals surface area contributed by atoms with Crippen LogP contribution in [0.5, 0.6) is 0 Å². The van der Waals surface area contributed by atoms with E-state index in [1.54, 1.807) is 6.92 Å². The zero-order valence-electron chi connectivity index (χ0n) is 13.1. The summed E-state index contributed by atoms with van der Waals surface area (Å²) >= 11 is 0. The molecule has 1 aromatic carbocycles. The molecule has 22 heavy (non-hydrogen) atoms. The maximum Gasteiger partial charge on any atom is 0.233 e. The van der Waals surface area contributed by atoms with E-state index in [9.17, 15) is 9.90 Å². The standard InChI is InChI=1S/C17H26N2O2.ClH/c1-13(20)9-16(15-5-3-2-4-6-15)11-19-17(21)12-18-10-14-7-8-14;/h2-6,13-14,16,18,20H,7-12H2,1H3,(H,19,21);1H. The number of halogens is 1. The first-order valence-corrected chi connectivity index (χ1v) is 7.85. The Balaban J connectivity index is 0.00000242. The van der Waals surface area contributed by atoms with Crippen molar-refractivity contribution in [1.82, 2.24) is 10.6 Å². The Kier molecular flexibility index (Phi) is 8.46. The SMILES string of the molecule is CC(O)CC(CNC(=O)CNCC1CC1)c1ccccc1.Cl. The minimum absolute atomic E-state index is 0. The second-order valence-corrected chi connectivity index (χ2v) is 6.07. The van der Waals surface area contributed by atoms with Crippen molar-refractivity contribution in [2.24, 2.45) is 5.92 Å². The minimum atomic E-state index is -0.375. The Labute approximate surface area is 139 Å². The van der Waals surface area contributed by atoms with Crippen LogP contribution in [0.2, 0.25) is 0 Å². The number of benzene rings is 1. The third kappa shape index (κ3) is 7.25. The van der Waals surface area contributed by atoms with Crippen LogP contribution in [-0.4, -0.2) is 36.8 Å². The second kappa shape index (κ2) is 9.82. The molecule has 2 unspecified atom stereocenters. The molecule has 0 bridgehead atoms. The number of aliphatic hydroxyl groups excluding tert-OH is 1. The quantitative estimate of drug-likeness (QED) is 0.651. The molecule has 1 aromatic rings. The van der Waals surface area contributed by atoms with Gasteiger partial charge in [0.25, 0.3) is 0 Å². The van der Waals surface area contributed by atoms with Crippen LogP contribution < -0.4 is 10.6 Å². The number of hydrogen-bond acceptors (Lipinski definition) is 3. The molecule has 1 fully saturated rings. The number of nitrogens with one attached hydrogen (secondary N) is 2. The molecule has 124 valence electrons. The molecule has 1 saturated carbocycles. The van der Waals surface area contributed by atoms with Gasteiger partial charge in [-0.25, -0.2) is 0 Å². The third-order valence-electron chi connectivity index (χ3n) is 3.86. The summed E-state index contributed by atoms with van der Waals surface area (Å²) in [6.45, 7) is 3.68. The fourth-order valence-electron chi connectivity index (χ4n) is 2.49. The van der Waals surface area contributed by atoms with Gasteiger partial charge in [0.2, 0.25) is 5.91 Å². The number of aliphatic hydroxyl groups is 1. The first kappa shape index (κ1) is 18.9. The molecule has 0 saturated heterocycles. The van der Waals surface area contributed by atoms with Gasteiger partial charge in [-0.2, -0.15) is 0 Å². The smallest absolute Gasteiger partial charge is 0.233 e. The van der Waals surface area contributed by atoms with E-state index in [2.05, 4.69) is 10.6 Å². The lowest BCUT2D eigenvalue weighted by molar-refractivity contribution is -0.120. The van der Waals surface area contributed by atoms with Crippen LogP contribution in [-0.2, 0) is 4.79 Å². The molecule has 0 heterocycles. The Morgan fingerprint density at radius 2 is 2.00 bits per heavy atom. The fraction of sp³-hybridized carbons (Fsp3) is 0.588. The van der Waals surface area contributed by atoms with E-state index in [1.807, 2.05) is 30.3 Å². The molecular formula is C17H27ClN2O2. The van der Waals surface area contributed by atoms with Gasteiger partial charge in [-0.3, -0.25) is 4.79 Å². The molecule has 0 spiro atoms. The van der Waals surface area contributed by atoms with Crippen molar-refractivity contribution >= 4 is 18.3 Å². The van der Waals surface area contributed by atoms with Gasteiger partial charge in [0, 0.05) is 12.5 Å². The highest BCUT2D eigenvalue weighted by Gasteiger charge is 2.20. The molecule has 3 N–H and O–H groups in total. The van der Waals surface area contributed by atoms with Gasteiger partial charge in [0.15, 0.2) is 0 Å². The summed E-state index contributed by atoms with van der Waals surface area (Å²) in [7, 11) is 0. The van der Waals surface area contributed by atoms with Gasteiger partial charge in [-0.1, -0.05) is 30.3 Å². The average Bonchev–Trinajstić information content (AvgIpc) is 3.28. The largest absolute Gasteiger partial charge is 0.393 e. The van der Waals surface area contributed by atoms with Crippen molar-refractivity contribution in [3.63, 3.8) is 0 Å². The predicted molar refractivity (Wildman–Crippen MR) is 91.3 cm³/mol. The molecule has 0 aromatic heterocycles. The van der Waals surface area contributed by atoms with Crippen molar-refractivity contribution in [2.75, 3.05) is 19.6 Å². The number of hydrogen-bond donors (Lipinski definition) is 3. The van der Waals surface area contributed by atoms with Gasteiger partial charge in [0.1, 0.15) is 0 Å². The summed E-state index contributed by atoms with van der Waals surface area (Å²) < 4.78 is 0. The zero-order chi connectivity index (χ0) is 15.1. The molecule has 1 aliphatic rings. The lowest BCUT2D eigenvalue weighted by atomic mass is 9.93. The van der Waals surface area contributed by atoms with E-state index in [4.69, 9.17) is 0 Å². The van der Waals surface area contributed by atoms with Gasteiger partial charge in [-0.05, 0) is 44.2 Å². The monoisotopic (exact) mass is 326 g/mol. The van der Waals surface area contributed by atoms with Gasteiger partial charge >= 0.3 is 0 Å². The number of carbonyl (C=O) groups is 1. The maximum absolute atomic E-state index is 11.8. The third-order valence-corrected chi connectivity index (χ3v) is 3.86. The van der Waals surface area contributed by atoms with E-state index in [0.29, 0.717) is 19.5 Å². The van der Waals surface area contributed by atoms with E-state index in [-0.39, 0.29) is 30.3 Å². The summed E-state index contributed by atoms with van der Waals surface area (Å²) in [5.41, 5.74) is 1.16. The second-order valence-electron chi connectivity index (χ2n) is 6.07. The molecule has 0 radical (unpaired) electrons. The molecule has 2 rings (SSSR count). The van der Waals surface area contributed by atoms with Crippen LogP contribution in [0.1, 0.15) is 37.7 Å². The molecular weight excluding hydrogens is 300 g/mol. The lowest BCUT2D eigenvalue weighted by Crippen LogP contribution is -2.37. The van der Waals surface area contributed by atoms with Crippen LogP contribution in [0.4, 0.5) is 0 Å². The van der Waals surface area contributed by atoms with E-state index in [1.165, 1.54) is 12.8 Å². The lowest BCUT2D eigenvalue weighted by Gasteiger charge is -2.19. The molecule has 4 nitrogen and oxygen atoms in total. The van der Waals surface area contributed by atoms with Gasteiger partial charge in [0.05, 0.1) is 12.6 Å². The molecule has 1 aliphatic carbocycles. The zero-order valence-corrected chi connectivity index (χ0v) is 13.9. The maximum atomic E-state index is 11.8. The van der Waals surface area contributed by atoms with Crippen LogP contribution >= 0.6 is 12.4 Å². The van der Waals surface area contributed by atoms with E-state index >= 15 is 0 Å². The summed E-state index contributed by atoms with van der Waals surface area (Å²) in [5.74, 6) is 0.964. The van der Waals surface area contributed by atoms with Crippen LogP contribution in [0.15, 0.2) is 30.3 Å². The highest BCUT2D eigenvalue weighted by Crippen LogP contribution is 2.27. The van der Waals surface area contributed by atoms with Gasteiger partial charge < -0.3 is 15.7 Å². The fourth-order valence-corrected chi connectivity index (χ4v) is 2.49. The first-order chi connectivity index (χ1) is 10.1. The Bertz CT molecular complexity index is 436. The molecule has 2 atom stereocenters. The minimum Gasteiger partial charge on any atom is -0.393 e. The Morgan fingerprint density at radius 1 is 1.32 bits per heavy atom. The topological polar surface area (TPSA) is 61.4 Å². The summed E-state index contributed by atoms with van der Waals surface area (Å²) in [5, 5.41) is 15.8. The number of amides is 1. The van der Waals surface area contributed by atoms with E-state index < -0.39 is 0 Å². The van der Waals surface area contributed by atoms with Crippen LogP contribution in [0.25, 0.3) is 0 Å². The number of rotatable bonds is 9.